The molecule has 0 bridgehead atoms. The molecular formula is C19H20BrFN2O. The molecule has 1 amide bonds. The second-order valence-corrected chi connectivity index (χ2v) is 7.02. The van der Waals surface area contributed by atoms with Crippen LogP contribution in [0, 0.1) is 12.7 Å². The van der Waals surface area contributed by atoms with Crippen LogP contribution < -0.4 is 4.90 Å². The van der Waals surface area contributed by atoms with Gasteiger partial charge in [-0.1, -0.05) is 28.1 Å². The van der Waals surface area contributed by atoms with Gasteiger partial charge in [0, 0.05) is 36.3 Å². The van der Waals surface area contributed by atoms with Crippen LogP contribution in [-0.2, 0) is 11.2 Å². The smallest absolute Gasteiger partial charge is 0.227 e. The fraction of sp³-hybridized carbons (Fsp3) is 0.316. The van der Waals surface area contributed by atoms with E-state index in [1.54, 1.807) is 12.1 Å². The number of carbonyl (C=O) groups excluding carboxylic acids is 1. The van der Waals surface area contributed by atoms with Crippen molar-refractivity contribution in [3.8, 4) is 0 Å². The van der Waals surface area contributed by atoms with E-state index in [1.165, 1.54) is 23.4 Å². The highest BCUT2D eigenvalue weighted by atomic mass is 79.9. The number of piperazine rings is 1. The number of anilines is 1. The van der Waals surface area contributed by atoms with E-state index >= 15 is 0 Å². The Hall–Kier alpha value is -1.88. The molecule has 3 rings (SSSR count). The van der Waals surface area contributed by atoms with E-state index in [-0.39, 0.29) is 18.1 Å². The van der Waals surface area contributed by atoms with Gasteiger partial charge in [0.05, 0.1) is 6.42 Å². The van der Waals surface area contributed by atoms with Crippen molar-refractivity contribution < 1.29 is 9.18 Å². The Balaban J connectivity index is 1.59. The van der Waals surface area contributed by atoms with Gasteiger partial charge in [-0.25, -0.2) is 4.39 Å². The first-order chi connectivity index (χ1) is 11.5. The normalized spacial score (nSPS) is 14.8. The maximum absolute atomic E-state index is 13.2. The first-order valence-electron chi connectivity index (χ1n) is 8.06. The molecule has 126 valence electrons. The molecular weight excluding hydrogens is 371 g/mol. The van der Waals surface area contributed by atoms with Crippen LogP contribution in [0.2, 0.25) is 0 Å². The lowest BCUT2D eigenvalue weighted by molar-refractivity contribution is -0.130. The molecule has 1 aliphatic heterocycles. The summed E-state index contributed by atoms with van der Waals surface area (Å²) in [5, 5.41) is 0. The van der Waals surface area contributed by atoms with Crippen molar-refractivity contribution in [1.29, 1.82) is 0 Å². The Kier molecular flexibility index (Phi) is 5.19. The van der Waals surface area contributed by atoms with Gasteiger partial charge >= 0.3 is 0 Å². The Morgan fingerprint density at radius 3 is 2.54 bits per heavy atom. The zero-order chi connectivity index (χ0) is 17.1. The molecule has 0 saturated carbocycles. The topological polar surface area (TPSA) is 23.6 Å². The van der Waals surface area contributed by atoms with Crippen LogP contribution in [0.5, 0.6) is 0 Å². The summed E-state index contributed by atoms with van der Waals surface area (Å²) in [6.45, 7) is 5.13. The van der Waals surface area contributed by atoms with E-state index in [0.717, 1.165) is 23.1 Å². The zero-order valence-electron chi connectivity index (χ0n) is 13.6. The molecule has 5 heteroatoms. The monoisotopic (exact) mass is 390 g/mol. The Morgan fingerprint density at radius 2 is 1.88 bits per heavy atom. The summed E-state index contributed by atoms with van der Waals surface area (Å²) >= 11 is 3.49. The van der Waals surface area contributed by atoms with Crippen LogP contribution in [0.1, 0.15) is 11.1 Å². The molecule has 0 spiro atoms. The van der Waals surface area contributed by atoms with Gasteiger partial charge in [-0.3, -0.25) is 4.79 Å². The lowest BCUT2D eigenvalue weighted by Crippen LogP contribution is -2.49. The van der Waals surface area contributed by atoms with Gasteiger partial charge in [0.2, 0.25) is 5.91 Å². The average Bonchev–Trinajstić information content (AvgIpc) is 2.55. The molecule has 3 nitrogen and oxygen atoms in total. The van der Waals surface area contributed by atoms with E-state index in [9.17, 15) is 9.18 Å². The van der Waals surface area contributed by atoms with Gasteiger partial charge in [0.15, 0.2) is 0 Å². The Bertz CT molecular complexity index is 742. The number of aryl methyl sites for hydroxylation is 1. The largest absolute Gasteiger partial charge is 0.368 e. The molecule has 0 aliphatic carbocycles. The third kappa shape index (κ3) is 3.96. The summed E-state index contributed by atoms with van der Waals surface area (Å²) in [4.78, 5) is 16.6. The number of hydrogen-bond donors (Lipinski definition) is 0. The minimum absolute atomic E-state index is 0.0628. The number of benzene rings is 2. The average molecular weight is 391 g/mol. The van der Waals surface area contributed by atoms with E-state index in [4.69, 9.17) is 0 Å². The Labute approximate surface area is 150 Å². The summed E-state index contributed by atoms with van der Waals surface area (Å²) in [7, 11) is 0. The SMILES string of the molecule is Cc1cc(Br)ccc1N1CCN(C(=O)Cc2cccc(F)c2)CC1. The maximum atomic E-state index is 13.2. The van der Waals surface area contributed by atoms with E-state index in [0.29, 0.717) is 13.1 Å². The third-order valence-electron chi connectivity index (χ3n) is 4.38. The fourth-order valence-electron chi connectivity index (χ4n) is 3.10. The molecule has 0 unspecified atom stereocenters. The summed E-state index contributed by atoms with van der Waals surface area (Å²) in [6.07, 6.45) is 0.259. The van der Waals surface area contributed by atoms with Gasteiger partial charge in [-0.05, 0) is 48.4 Å². The zero-order valence-corrected chi connectivity index (χ0v) is 15.2. The van der Waals surface area contributed by atoms with Crippen molar-refractivity contribution in [2.24, 2.45) is 0 Å². The highest BCUT2D eigenvalue weighted by Gasteiger charge is 2.22. The molecule has 0 atom stereocenters. The second-order valence-electron chi connectivity index (χ2n) is 6.11. The third-order valence-corrected chi connectivity index (χ3v) is 4.87. The minimum Gasteiger partial charge on any atom is -0.368 e. The standard InChI is InChI=1S/C19H20BrFN2O/c1-14-11-16(20)5-6-18(14)22-7-9-23(10-8-22)19(24)13-15-3-2-4-17(21)12-15/h2-6,11-12H,7-10,13H2,1H3. The van der Waals surface area contributed by atoms with Crippen LogP contribution in [0.3, 0.4) is 0 Å². The van der Waals surface area contributed by atoms with Crippen molar-refractivity contribution in [2.75, 3.05) is 31.1 Å². The number of halogens is 2. The number of amides is 1. The van der Waals surface area contributed by atoms with Crippen molar-refractivity contribution in [1.82, 2.24) is 4.90 Å². The number of rotatable bonds is 3. The molecule has 1 fully saturated rings. The van der Waals surface area contributed by atoms with Gasteiger partial charge in [-0.15, -0.1) is 0 Å². The molecule has 2 aromatic rings. The fourth-order valence-corrected chi connectivity index (χ4v) is 3.58. The first kappa shape index (κ1) is 17.0. The van der Waals surface area contributed by atoms with Gasteiger partial charge in [0.25, 0.3) is 0 Å². The summed E-state index contributed by atoms with van der Waals surface area (Å²) < 4.78 is 14.3. The molecule has 1 saturated heterocycles. The van der Waals surface area contributed by atoms with Crippen molar-refractivity contribution in [3.05, 3.63) is 63.9 Å². The lowest BCUT2D eigenvalue weighted by atomic mass is 10.1. The molecule has 0 N–H and O–H groups in total. The molecule has 1 aliphatic rings. The van der Waals surface area contributed by atoms with E-state index in [2.05, 4.69) is 39.9 Å². The molecule has 1 heterocycles. The molecule has 0 aromatic heterocycles. The van der Waals surface area contributed by atoms with Crippen LogP contribution >= 0.6 is 15.9 Å². The van der Waals surface area contributed by atoms with Crippen LogP contribution in [0.15, 0.2) is 46.9 Å². The number of nitrogens with zero attached hydrogens (tertiary/aromatic N) is 2. The first-order valence-corrected chi connectivity index (χ1v) is 8.85. The quantitative estimate of drug-likeness (QED) is 0.795. The molecule has 0 radical (unpaired) electrons. The number of hydrogen-bond acceptors (Lipinski definition) is 2. The minimum atomic E-state index is -0.296. The van der Waals surface area contributed by atoms with Crippen LogP contribution in [0.25, 0.3) is 0 Å². The molecule has 2 aromatic carbocycles. The van der Waals surface area contributed by atoms with Crippen molar-refractivity contribution in [2.45, 2.75) is 13.3 Å². The highest BCUT2D eigenvalue weighted by Crippen LogP contribution is 2.25. The predicted molar refractivity (Wildman–Crippen MR) is 97.8 cm³/mol. The second kappa shape index (κ2) is 7.34. The highest BCUT2D eigenvalue weighted by molar-refractivity contribution is 9.10. The maximum Gasteiger partial charge on any atom is 0.227 e. The molecule has 24 heavy (non-hydrogen) atoms. The van der Waals surface area contributed by atoms with Crippen LogP contribution in [-0.4, -0.2) is 37.0 Å². The van der Waals surface area contributed by atoms with E-state index < -0.39 is 0 Å². The summed E-state index contributed by atoms with van der Waals surface area (Å²) in [5.41, 5.74) is 3.17. The van der Waals surface area contributed by atoms with Gasteiger partial charge in [-0.2, -0.15) is 0 Å². The van der Waals surface area contributed by atoms with Gasteiger partial charge < -0.3 is 9.80 Å². The summed E-state index contributed by atoms with van der Waals surface area (Å²) in [5.74, 6) is -0.233. The van der Waals surface area contributed by atoms with Crippen LogP contribution in [0.4, 0.5) is 10.1 Å². The lowest BCUT2D eigenvalue weighted by Gasteiger charge is -2.37. The van der Waals surface area contributed by atoms with E-state index in [1.807, 2.05) is 11.0 Å². The predicted octanol–water partition coefficient (Wildman–Crippen LogP) is 3.79. The summed E-state index contributed by atoms with van der Waals surface area (Å²) in [6, 6.07) is 12.5. The Morgan fingerprint density at radius 1 is 1.12 bits per heavy atom. The van der Waals surface area contributed by atoms with Gasteiger partial charge in [0.1, 0.15) is 5.82 Å². The van der Waals surface area contributed by atoms with Crippen molar-refractivity contribution >= 4 is 27.5 Å². The van der Waals surface area contributed by atoms with Crippen molar-refractivity contribution in [3.63, 3.8) is 0 Å². The number of carbonyl (C=O) groups is 1.